The van der Waals surface area contributed by atoms with Gasteiger partial charge in [0.2, 0.25) is 5.88 Å². The van der Waals surface area contributed by atoms with Gasteiger partial charge in [-0.25, -0.2) is 4.98 Å². The summed E-state index contributed by atoms with van der Waals surface area (Å²) in [5.41, 5.74) is 1.16. The third-order valence-electron chi connectivity index (χ3n) is 3.99. The van der Waals surface area contributed by atoms with Crippen LogP contribution in [0.1, 0.15) is 16.2 Å². The smallest absolute Gasteiger partial charge is 0.256 e. The number of aromatic nitrogens is 4. The predicted molar refractivity (Wildman–Crippen MR) is 99.8 cm³/mol. The van der Waals surface area contributed by atoms with Crippen LogP contribution in [0.4, 0.5) is 0 Å². The van der Waals surface area contributed by atoms with E-state index in [4.69, 9.17) is 4.74 Å². The van der Waals surface area contributed by atoms with Crippen LogP contribution >= 0.6 is 0 Å². The monoisotopic (exact) mass is 359 g/mol. The van der Waals surface area contributed by atoms with Gasteiger partial charge in [-0.3, -0.25) is 9.20 Å². The first-order chi connectivity index (χ1) is 13.3. The van der Waals surface area contributed by atoms with Gasteiger partial charge in [-0.1, -0.05) is 24.3 Å². The van der Waals surface area contributed by atoms with Gasteiger partial charge >= 0.3 is 0 Å². The van der Waals surface area contributed by atoms with Gasteiger partial charge in [0.1, 0.15) is 17.1 Å². The summed E-state index contributed by atoms with van der Waals surface area (Å²) < 4.78 is 7.65. The van der Waals surface area contributed by atoms with Gasteiger partial charge in [-0.05, 0) is 36.4 Å². The molecule has 4 aromatic rings. The Hall–Kier alpha value is -3.74. The lowest BCUT2D eigenvalue weighted by Gasteiger charge is -2.10. The number of fused-ring (bicyclic) bond motifs is 1. The topological polar surface area (TPSA) is 81.4 Å². The average Bonchev–Trinajstić information content (AvgIpc) is 3.12. The second kappa shape index (κ2) is 7.65. The van der Waals surface area contributed by atoms with Crippen molar-refractivity contribution in [3.05, 3.63) is 84.4 Å². The Morgan fingerprint density at radius 3 is 2.74 bits per heavy atom. The molecule has 0 saturated carbocycles. The first-order valence-electron chi connectivity index (χ1n) is 8.56. The highest BCUT2D eigenvalue weighted by Crippen LogP contribution is 2.22. The SMILES string of the molecule is O=C(NCCc1nnc2ccccn12)c1cccnc1Oc1ccccc1. The van der Waals surface area contributed by atoms with E-state index in [0.29, 0.717) is 24.3 Å². The summed E-state index contributed by atoms with van der Waals surface area (Å²) in [6, 6.07) is 18.4. The van der Waals surface area contributed by atoms with Crippen molar-refractivity contribution in [1.29, 1.82) is 0 Å². The Labute approximate surface area is 155 Å². The molecule has 1 aromatic carbocycles. The Morgan fingerprint density at radius 2 is 1.85 bits per heavy atom. The molecule has 0 fully saturated rings. The van der Waals surface area contributed by atoms with Crippen molar-refractivity contribution in [1.82, 2.24) is 24.9 Å². The number of amides is 1. The normalized spacial score (nSPS) is 10.7. The van der Waals surface area contributed by atoms with Crippen molar-refractivity contribution >= 4 is 11.6 Å². The lowest BCUT2D eigenvalue weighted by atomic mass is 10.2. The third kappa shape index (κ3) is 3.77. The molecule has 1 amide bonds. The van der Waals surface area contributed by atoms with E-state index in [-0.39, 0.29) is 11.8 Å². The van der Waals surface area contributed by atoms with Crippen molar-refractivity contribution in [3.63, 3.8) is 0 Å². The number of carbonyl (C=O) groups is 1. The van der Waals surface area contributed by atoms with Gasteiger partial charge < -0.3 is 10.1 Å². The molecule has 4 rings (SSSR count). The molecule has 7 heteroatoms. The summed E-state index contributed by atoms with van der Waals surface area (Å²) >= 11 is 0. The molecule has 134 valence electrons. The summed E-state index contributed by atoms with van der Waals surface area (Å²) in [6.07, 6.45) is 4.06. The summed E-state index contributed by atoms with van der Waals surface area (Å²) in [7, 11) is 0. The number of rotatable bonds is 6. The molecule has 0 aliphatic carbocycles. The van der Waals surface area contributed by atoms with E-state index in [1.807, 2.05) is 59.1 Å². The molecule has 3 heterocycles. The Kier molecular flexibility index (Phi) is 4.74. The van der Waals surface area contributed by atoms with E-state index in [1.54, 1.807) is 18.3 Å². The number of nitrogens with zero attached hydrogens (tertiary/aromatic N) is 4. The van der Waals surface area contributed by atoms with Gasteiger partial charge in [-0.15, -0.1) is 10.2 Å². The van der Waals surface area contributed by atoms with E-state index in [2.05, 4.69) is 20.5 Å². The number of carbonyl (C=O) groups excluding carboxylic acids is 1. The molecule has 3 aromatic heterocycles. The molecule has 0 unspecified atom stereocenters. The maximum absolute atomic E-state index is 12.6. The molecular weight excluding hydrogens is 342 g/mol. The summed E-state index contributed by atoms with van der Waals surface area (Å²) in [6.45, 7) is 0.425. The van der Waals surface area contributed by atoms with Crippen LogP contribution < -0.4 is 10.1 Å². The maximum Gasteiger partial charge on any atom is 0.256 e. The van der Waals surface area contributed by atoms with E-state index in [1.165, 1.54) is 0 Å². The fraction of sp³-hybridized carbons (Fsp3) is 0.100. The van der Waals surface area contributed by atoms with Crippen molar-refractivity contribution in [3.8, 4) is 11.6 Å². The lowest BCUT2D eigenvalue weighted by Crippen LogP contribution is -2.26. The maximum atomic E-state index is 12.6. The standard InChI is InChI=1S/C20H17N5O2/c26-19(21-13-11-18-24-23-17-10-4-5-14-25(17)18)16-9-6-12-22-20(16)27-15-7-2-1-3-8-15/h1-10,12,14H,11,13H2,(H,21,26). The van der Waals surface area contributed by atoms with Gasteiger partial charge in [0.25, 0.3) is 5.91 Å². The van der Waals surface area contributed by atoms with Crippen LogP contribution in [-0.2, 0) is 6.42 Å². The molecule has 27 heavy (non-hydrogen) atoms. The molecule has 7 nitrogen and oxygen atoms in total. The summed E-state index contributed by atoms with van der Waals surface area (Å²) in [5, 5.41) is 11.2. The van der Waals surface area contributed by atoms with Gasteiger partial charge in [0.05, 0.1) is 0 Å². The number of hydrogen-bond donors (Lipinski definition) is 1. The van der Waals surface area contributed by atoms with Crippen molar-refractivity contribution in [2.24, 2.45) is 0 Å². The van der Waals surface area contributed by atoms with Crippen LogP contribution in [-0.4, -0.2) is 32.0 Å². The Balaban J connectivity index is 1.43. The minimum atomic E-state index is -0.247. The lowest BCUT2D eigenvalue weighted by molar-refractivity contribution is 0.0951. The number of nitrogens with one attached hydrogen (secondary N) is 1. The van der Waals surface area contributed by atoms with E-state index >= 15 is 0 Å². The average molecular weight is 359 g/mol. The minimum Gasteiger partial charge on any atom is -0.438 e. The molecule has 0 spiro atoms. The number of ether oxygens (including phenoxy) is 1. The highest BCUT2D eigenvalue weighted by molar-refractivity contribution is 5.96. The molecule has 0 aliphatic heterocycles. The fourth-order valence-corrected chi connectivity index (χ4v) is 2.69. The molecule has 1 N–H and O–H groups in total. The second-order valence-corrected chi connectivity index (χ2v) is 5.82. The number of pyridine rings is 2. The van der Waals surface area contributed by atoms with Crippen LogP contribution in [0.2, 0.25) is 0 Å². The molecule has 0 radical (unpaired) electrons. The van der Waals surface area contributed by atoms with E-state index < -0.39 is 0 Å². The van der Waals surface area contributed by atoms with Crippen molar-refractivity contribution in [2.75, 3.05) is 6.54 Å². The first-order valence-corrected chi connectivity index (χ1v) is 8.56. The zero-order valence-corrected chi connectivity index (χ0v) is 14.4. The predicted octanol–water partition coefficient (Wildman–Crippen LogP) is 2.89. The Morgan fingerprint density at radius 1 is 1.00 bits per heavy atom. The van der Waals surface area contributed by atoms with Crippen molar-refractivity contribution < 1.29 is 9.53 Å². The van der Waals surface area contributed by atoms with Gasteiger partial charge in [-0.2, -0.15) is 0 Å². The van der Waals surface area contributed by atoms with Crippen molar-refractivity contribution in [2.45, 2.75) is 6.42 Å². The minimum absolute atomic E-state index is 0.247. The summed E-state index contributed by atoms with van der Waals surface area (Å²) in [5.74, 6) is 1.44. The fourth-order valence-electron chi connectivity index (χ4n) is 2.69. The van der Waals surface area contributed by atoms with Crippen LogP contribution in [0.3, 0.4) is 0 Å². The van der Waals surface area contributed by atoms with Crippen LogP contribution in [0, 0.1) is 0 Å². The highest BCUT2D eigenvalue weighted by Gasteiger charge is 2.14. The van der Waals surface area contributed by atoms with Crippen LogP contribution in [0.5, 0.6) is 11.6 Å². The number of para-hydroxylation sites is 1. The van der Waals surface area contributed by atoms with Crippen LogP contribution in [0.25, 0.3) is 5.65 Å². The quantitative estimate of drug-likeness (QED) is 0.572. The van der Waals surface area contributed by atoms with Crippen LogP contribution in [0.15, 0.2) is 73.1 Å². The van der Waals surface area contributed by atoms with Gasteiger partial charge in [0.15, 0.2) is 5.65 Å². The largest absolute Gasteiger partial charge is 0.438 e. The summed E-state index contributed by atoms with van der Waals surface area (Å²) in [4.78, 5) is 16.8. The zero-order valence-electron chi connectivity index (χ0n) is 14.4. The molecular formula is C20H17N5O2. The second-order valence-electron chi connectivity index (χ2n) is 5.82. The van der Waals surface area contributed by atoms with E-state index in [9.17, 15) is 4.79 Å². The molecule has 0 bridgehead atoms. The molecule has 0 atom stereocenters. The Bertz CT molecular complexity index is 1060. The number of benzene rings is 1. The first kappa shape index (κ1) is 16.7. The highest BCUT2D eigenvalue weighted by atomic mass is 16.5. The zero-order chi connectivity index (χ0) is 18.5. The van der Waals surface area contributed by atoms with Gasteiger partial charge in [0, 0.05) is 25.4 Å². The molecule has 0 saturated heterocycles. The molecule has 0 aliphatic rings. The van der Waals surface area contributed by atoms with E-state index in [0.717, 1.165) is 11.5 Å². The third-order valence-corrected chi connectivity index (χ3v) is 3.99. The number of hydrogen-bond acceptors (Lipinski definition) is 5.